The fourth-order valence-corrected chi connectivity index (χ4v) is 1.63. The minimum absolute atomic E-state index is 0.175. The molecule has 0 spiro atoms. The molecule has 0 aliphatic rings. The van der Waals surface area contributed by atoms with E-state index >= 15 is 0 Å². The molecule has 0 N–H and O–H groups in total. The molecule has 0 aliphatic heterocycles. The molecular weight excluding hydrogens is 156 g/mol. The highest BCUT2D eigenvalue weighted by Crippen LogP contribution is 2.15. The first-order valence-corrected chi connectivity index (χ1v) is 4.71. The highest BCUT2D eigenvalue weighted by molar-refractivity contribution is 7.12. The summed E-state index contributed by atoms with van der Waals surface area (Å²) in [5, 5.41) is 1.94. The summed E-state index contributed by atoms with van der Waals surface area (Å²) >= 11 is 1.53. The number of carbonyl (C=O) groups excluding carboxylic acids is 1. The number of thiophene rings is 1. The van der Waals surface area contributed by atoms with Gasteiger partial charge < -0.3 is 0 Å². The van der Waals surface area contributed by atoms with Crippen LogP contribution in [0.5, 0.6) is 0 Å². The Balaban J connectivity index is 2.70. The molecular formula is C9H12OS. The first-order chi connectivity index (χ1) is 5.25. The smallest absolute Gasteiger partial charge is 0.175 e. The molecule has 0 saturated carbocycles. The van der Waals surface area contributed by atoms with E-state index in [2.05, 4.69) is 0 Å². The van der Waals surface area contributed by atoms with Gasteiger partial charge in [-0.1, -0.05) is 19.9 Å². The number of Topliss-reactive ketones (excluding diaryl/α,β-unsaturated/α-hetero) is 1. The first kappa shape index (κ1) is 8.47. The second-order valence-corrected chi connectivity index (χ2v) is 3.60. The molecule has 0 saturated heterocycles. The van der Waals surface area contributed by atoms with Crippen LogP contribution in [0.25, 0.3) is 0 Å². The van der Waals surface area contributed by atoms with E-state index in [4.69, 9.17) is 0 Å². The van der Waals surface area contributed by atoms with Gasteiger partial charge in [0.25, 0.3) is 0 Å². The molecule has 1 aromatic heterocycles. The van der Waals surface area contributed by atoms with Crippen molar-refractivity contribution in [3.8, 4) is 0 Å². The highest BCUT2D eigenvalue weighted by atomic mass is 32.1. The lowest BCUT2D eigenvalue weighted by atomic mass is 10.0. The molecule has 1 atom stereocenters. The maximum absolute atomic E-state index is 11.4. The van der Waals surface area contributed by atoms with Crippen LogP contribution in [0.4, 0.5) is 0 Å². The molecule has 0 aliphatic carbocycles. The Labute approximate surface area is 71.1 Å². The van der Waals surface area contributed by atoms with E-state index in [1.807, 2.05) is 31.4 Å². The average molecular weight is 168 g/mol. The maximum Gasteiger partial charge on any atom is 0.175 e. The van der Waals surface area contributed by atoms with Crippen LogP contribution < -0.4 is 0 Å². The Morgan fingerprint density at radius 1 is 1.73 bits per heavy atom. The van der Waals surface area contributed by atoms with Crippen LogP contribution in [-0.2, 0) is 0 Å². The van der Waals surface area contributed by atoms with Gasteiger partial charge in [0, 0.05) is 5.92 Å². The number of carbonyl (C=O) groups is 1. The van der Waals surface area contributed by atoms with Crippen molar-refractivity contribution in [2.24, 2.45) is 5.92 Å². The third kappa shape index (κ3) is 1.90. The molecule has 0 amide bonds. The Hall–Kier alpha value is -0.630. The van der Waals surface area contributed by atoms with Gasteiger partial charge in [-0.2, -0.15) is 0 Å². The largest absolute Gasteiger partial charge is 0.293 e. The van der Waals surface area contributed by atoms with Gasteiger partial charge in [-0.25, -0.2) is 0 Å². The van der Waals surface area contributed by atoms with E-state index in [0.717, 1.165) is 11.3 Å². The van der Waals surface area contributed by atoms with Crippen LogP contribution in [0.15, 0.2) is 17.5 Å². The predicted octanol–water partition coefficient (Wildman–Crippen LogP) is 2.98. The van der Waals surface area contributed by atoms with Gasteiger partial charge in [-0.05, 0) is 17.9 Å². The zero-order valence-electron chi connectivity index (χ0n) is 6.83. The molecule has 60 valence electrons. The maximum atomic E-state index is 11.4. The van der Waals surface area contributed by atoms with Crippen LogP contribution in [0.3, 0.4) is 0 Å². The third-order valence-corrected chi connectivity index (χ3v) is 2.71. The molecule has 2 heteroatoms. The van der Waals surface area contributed by atoms with E-state index in [-0.39, 0.29) is 11.7 Å². The summed E-state index contributed by atoms with van der Waals surface area (Å²) in [6.45, 7) is 4.01. The number of hydrogen-bond donors (Lipinski definition) is 0. The second kappa shape index (κ2) is 3.67. The molecule has 1 aromatic rings. The predicted molar refractivity (Wildman–Crippen MR) is 48.1 cm³/mol. The normalized spacial score (nSPS) is 12.9. The van der Waals surface area contributed by atoms with Gasteiger partial charge in [-0.15, -0.1) is 11.3 Å². The lowest BCUT2D eigenvalue weighted by molar-refractivity contribution is 0.0931. The van der Waals surface area contributed by atoms with E-state index in [1.165, 1.54) is 11.3 Å². The highest BCUT2D eigenvalue weighted by Gasteiger charge is 2.12. The Morgan fingerprint density at radius 2 is 2.45 bits per heavy atom. The van der Waals surface area contributed by atoms with Gasteiger partial charge >= 0.3 is 0 Å². The van der Waals surface area contributed by atoms with Crippen molar-refractivity contribution in [1.29, 1.82) is 0 Å². The quantitative estimate of drug-likeness (QED) is 0.634. The monoisotopic (exact) mass is 168 g/mol. The van der Waals surface area contributed by atoms with Crippen molar-refractivity contribution in [1.82, 2.24) is 0 Å². The SMILES string of the molecule is CCC(C)C(=O)c1cccs1. The zero-order chi connectivity index (χ0) is 8.27. The van der Waals surface area contributed by atoms with Crippen LogP contribution >= 0.6 is 11.3 Å². The molecule has 1 nitrogen and oxygen atoms in total. The van der Waals surface area contributed by atoms with Crippen molar-refractivity contribution in [2.45, 2.75) is 20.3 Å². The number of ketones is 1. The average Bonchev–Trinajstić information content (AvgIpc) is 2.53. The van der Waals surface area contributed by atoms with E-state index in [9.17, 15) is 4.79 Å². The van der Waals surface area contributed by atoms with Crippen LogP contribution in [0, 0.1) is 5.92 Å². The minimum atomic E-state index is 0.175. The molecule has 0 radical (unpaired) electrons. The zero-order valence-corrected chi connectivity index (χ0v) is 7.65. The molecule has 1 heterocycles. The lowest BCUT2D eigenvalue weighted by Gasteiger charge is -2.03. The standard InChI is InChI=1S/C9H12OS/c1-3-7(2)9(10)8-5-4-6-11-8/h4-7H,3H2,1-2H3. The topological polar surface area (TPSA) is 17.1 Å². The minimum Gasteiger partial charge on any atom is -0.293 e. The van der Waals surface area contributed by atoms with Crippen LogP contribution in [0.2, 0.25) is 0 Å². The summed E-state index contributed by atoms with van der Waals surface area (Å²) in [7, 11) is 0. The molecule has 1 rings (SSSR count). The van der Waals surface area contributed by atoms with Crippen LogP contribution in [-0.4, -0.2) is 5.78 Å². The summed E-state index contributed by atoms with van der Waals surface area (Å²) in [4.78, 5) is 12.3. The Kier molecular flexibility index (Phi) is 2.83. The van der Waals surface area contributed by atoms with Gasteiger partial charge in [0.2, 0.25) is 0 Å². The van der Waals surface area contributed by atoms with Crippen molar-refractivity contribution >= 4 is 17.1 Å². The van der Waals surface area contributed by atoms with Crippen molar-refractivity contribution in [2.75, 3.05) is 0 Å². The van der Waals surface area contributed by atoms with Crippen molar-refractivity contribution in [3.63, 3.8) is 0 Å². The van der Waals surface area contributed by atoms with E-state index in [1.54, 1.807) is 0 Å². The summed E-state index contributed by atoms with van der Waals surface area (Å²) in [5.41, 5.74) is 0. The Bertz CT molecular complexity index is 226. The molecule has 0 fully saturated rings. The fourth-order valence-electron chi connectivity index (χ4n) is 0.847. The van der Waals surface area contributed by atoms with Gasteiger partial charge in [-0.3, -0.25) is 4.79 Å². The number of hydrogen-bond acceptors (Lipinski definition) is 2. The van der Waals surface area contributed by atoms with Gasteiger partial charge in [0.1, 0.15) is 0 Å². The van der Waals surface area contributed by atoms with Crippen LogP contribution in [0.1, 0.15) is 29.9 Å². The summed E-state index contributed by atoms with van der Waals surface area (Å²) in [5.74, 6) is 0.455. The Morgan fingerprint density at radius 3 is 2.91 bits per heavy atom. The third-order valence-electron chi connectivity index (χ3n) is 1.82. The molecule has 0 aromatic carbocycles. The van der Waals surface area contributed by atoms with E-state index in [0.29, 0.717) is 0 Å². The summed E-state index contributed by atoms with van der Waals surface area (Å²) in [6, 6.07) is 3.80. The van der Waals surface area contributed by atoms with Crippen molar-refractivity contribution < 1.29 is 4.79 Å². The first-order valence-electron chi connectivity index (χ1n) is 3.83. The second-order valence-electron chi connectivity index (χ2n) is 2.65. The summed E-state index contributed by atoms with van der Waals surface area (Å²) in [6.07, 6.45) is 0.927. The molecule has 11 heavy (non-hydrogen) atoms. The number of rotatable bonds is 3. The van der Waals surface area contributed by atoms with E-state index < -0.39 is 0 Å². The molecule has 0 bridgehead atoms. The summed E-state index contributed by atoms with van der Waals surface area (Å²) < 4.78 is 0. The van der Waals surface area contributed by atoms with Gasteiger partial charge in [0.15, 0.2) is 5.78 Å². The molecule has 1 unspecified atom stereocenters. The van der Waals surface area contributed by atoms with Gasteiger partial charge in [0.05, 0.1) is 4.88 Å². The fraction of sp³-hybridized carbons (Fsp3) is 0.444. The lowest BCUT2D eigenvalue weighted by Crippen LogP contribution is -2.07. The van der Waals surface area contributed by atoms with Crippen molar-refractivity contribution in [3.05, 3.63) is 22.4 Å².